The molecule has 33 heavy (non-hydrogen) atoms. The topological polar surface area (TPSA) is 65.4 Å². The van der Waals surface area contributed by atoms with Crippen molar-refractivity contribution in [3.8, 4) is 11.5 Å². The SMILES string of the molecule is CC1CCC(c2ccc3c(c2)CN(CCO)CO3)(c2ccc3c(c2)CN(CCO)CO3)CC1. The van der Waals surface area contributed by atoms with Crippen molar-refractivity contribution < 1.29 is 19.7 Å². The van der Waals surface area contributed by atoms with Crippen LogP contribution in [0.5, 0.6) is 11.5 Å². The molecule has 178 valence electrons. The summed E-state index contributed by atoms with van der Waals surface area (Å²) in [5.41, 5.74) is 5.13. The van der Waals surface area contributed by atoms with Gasteiger partial charge in [0.15, 0.2) is 0 Å². The zero-order chi connectivity index (χ0) is 22.8. The van der Waals surface area contributed by atoms with E-state index in [4.69, 9.17) is 9.47 Å². The molecule has 5 rings (SSSR count). The van der Waals surface area contributed by atoms with Gasteiger partial charge in [-0.2, -0.15) is 0 Å². The van der Waals surface area contributed by atoms with Gasteiger partial charge in [0.2, 0.25) is 0 Å². The van der Waals surface area contributed by atoms with Crippen molar-refractivity contribution in [2.75, 3.05) is 39.8 Å². The molecule has 6 heteroatoms. The van der Waals surface area contributed by atoms with Gasteiger partial charge in [-0.25, -0.2) is 0 Å². The summed E-state index contributed by atoms with van der Waals surface area (Å²) in [6.07, 6.45) is 4.70. The summed E-state index contributed by atoms with van der Waals surface area (Å²) in [6.45, 7) is 6.59. The standard InChI is InChI=1S/C27H36N2O4/c1-20-6-8-27(9-7-20,23-2-4-25-21(14-23)16-28(10-12-30)18-32-25)24-3-5-26-22(15-24)17-29(11-13-31)19-33-26/h2-5,14-15,20,30-31H,6-13,16-19H2,1H3. The Morgan fingerprint density at radius 1 is 0.818 bits per heavy atom. The smallest absolute Gasteiger partial charge is 0.142 e. The second-order valence-electron chi connectivity index (χ2n) is 10.0. The van der Waals surface area contributed by atoms with Gasteiger partial charge in [-0.1, -0.05) is 19.1 Å². The van der Waals surface area contributed by atoms with Crippen molar-refractivity contribution >= 4 is 0 Å². The summed E-state index contributed by atoms with van der Waals surface area (Å²) >= 11 is 0. The number of rotatable bonds is 6. The molecule has 0 atom stereocenters. The van der Waals surface area contributed by atoms with Crippen LogP contribution in [0.15, 0.2) is 36.4 Å². The number of hydrogen-bond donors (Lipinski definition) is 2. The Bertz CT molecular complexity index is 901. The lowest BCUT2D eigenvalue weighted by Crippen LogP contribution is -2.36. The first-order valence-electron chi connectivity index (χ1n) is 12.3. The number of nitrogens with zero attached hydrogens (tertiary/aromatic N) is 2. The molecule has 6 nitrogen and oxygen atoms in total. The first-order chi connectivity index (χ1) is 16.1. The Balaban J connectivity index is 1.51. The molecular weight excluding hydrogens is 416 g/mol. The van der Waals surface area contributed by atoms with E-state index in [2.05, 4.69) is 53.1 Å². The van der Waals surface area contributed by atoms with Gasteiger partial charge in [-0.3, -0.25) is 9.80 Å². The minimum Gasteiger partial charge on any atom is -0.478 e. The Morgan fingerprint density at radius 2 is 1.30 bits per heavy atom. The lowest BCUT2D eigenvalue weighted by Gasteiger charge is -2.42. The Kier molecular flexibility index (Phi) is 6.61. The maximum Gasteiger partial charge on any atom is 0.142 e. The number of fused-ring (bicyclic) bond motifs is 2. The molecule has 0 unspecified atom stereocenters. The van der Waals surface area contributed by atoms with Crippen molar-refractivity contribution in [3.63, 3.8) is 0 Å². The fourth-order valence-corrected chi connectivity index (χ4v) is 5.75. The zero-order valence-electron chi connectivity index (χ0n) is 19.6. The number of benzene rings is 2. The van der Waals surface area contributed by atoms with Crippen LogP contribution in [0.25, 0.3) is 0 Å². The molecule has 2 aromatic carbocycles. The number of aliphatic hydroxyl groups is 2. The van der Waals surface area contributed by atoms with Crippen LogP contribution in [0, 0.1) is 5.92 Å². The van der Waals surface area contributed by atoms with E-state index in [-0.39, 0.29) is 18.6 Å². The van der Waals surface area contributed by atoms with Crippen molar-refractivity contribution in [3.05, 3.63) is 58.7 Å². The highest BCUT2D eigenvalue weighted by Crippen LogP contribution is 2.48. The van der Waals surface area contributed by atoms with Gasteiger partial charge in [0.25, 0.3) is 0 Å². The summed E-state index contributed by atoms with van der Waals surface area (Å²) < 4.78 is 11.9. The highest BCUT2D eigenvalue weighted by molar-refractivity contribution is 5.49. The molecule has 1 aliphatic carbocycles. The van der Waals surface area contributed by atoms with E-state index in [0.717, 1.165) is 43.3 Å². The number of aliphatic hydroxyl groups excluding tert-OH is 2. The third-order valence-corrected chi connectivity index (χ3v) is 7.78. The molecular formula is C27H36N2O4. The Labute approximate surface area is 196 Å². The molecule has 2 N–H and O–H groups in total. The molecule has 2 aliphatic heterocycles. The molecule has 1 saturated carbocycles. The second-order valence-corrected chi connectivity index (χ2v) is 10.0. The van der Waals surface area contributed by atoms with Crippen LogP contribution in [0.3, 0.4) is 0 Å². The Morgan fingerprint density at radius 3 is 1.76 bits per heavy atom. The molecule has 2 heterocycles. The fourth-order valence-electron chi connectivity index (χ4n) is 5.75. The van der Waals surface area contributed by atoms with E-state index in [1.54, 1.807) is 0 Å². The molecule has 0 amide bonds. The van der Waals surface area contributed by atoms with Gasteiger partial charge < -0.3 is 19.7 Å². The van der Waals surface area contributed by atoms with Crippen LogP contribution in [0.1, 0.15) is 54.9 Å². The number of ether oxygens (including phenoxy) is 2. The first kappa shape index (κ1) is 22.7. The summed E-state index contributed by atoms with van der Waals surface area (Å²) in [5, 5.41) is 18.7. The van der Waals surface area contributed by atoms with Gasteiger partial charge in [0.1, 0.15) is 25.0 Å². The molecule has 0 aromatic heterocycles. The largest absolute Gasteiger partial charge is 0.478 e. The van der Waals surface area contributed by atoms with Gasteiger partial charge in [0, 0.05) is 42.7 Å². The van der Waals surface area contributed by atoms with Crippen molar-refractivity contribution in [1.82, 2.24) is 9.80 Å². The predicted molar refractivity (Wildman–Crippen MR) is 127 cm³/mol. The minimum absolute atomic E-state index is 0.0188. The molecule has 3 aliphatic rings. The van der Waals surface area contributed by atoms with Crippen LogP contribution in [-0.4, -0.2) is 59.8 Å². The number of β-amino-alcohol motifs (C(OH)–C–C–N with tert-alkyl or cyclic N) is 2. The van der Waals surface area contributed by atoms with E-state index in [9.17, 15) is 10.2 Å². The highest BCUT2D eigenvalue weighted by atomic mass is 16.5. The molecule has 0 bridgehead atoms. The second kappa shape index (κ2) is 9.63. The van der Waals surface area contributed by atoms with E-state index in [0.29, 0.717) is 26.6 Å². The lowest BCUT2D eigenvalue weighted by molar-refractivity contribution is 0.0768. The normalized spacial score (nSPS) is 21.1. The first-order valence-corrected chi connectivity index (χ1v) is 12.3. The van der Waals surface area contributed by atoms with Gasteiger partial charge in [-0.05, 0) is 67.0 Å². The van der Waals surface area contributed by atoms with Crippen molar-refractivity contribution in [2.24, 2.45) is 5.92 Å². The highest BCUT2D eigenvalue weighted by Gasteiger charge is 2.39. The van der Waals surface area contributed by atoms with Gasteiger partial charge >= 0.3 is 0 Å². The van der Waals surface area contributed by atoms with E-state index in [1.165, 1.54) is 35.1 Å². The summed E-state index contributed by atoms with van der Waals surface area (Å²) in [6, 6.07) is 13.5. The van der Waals surface area contributed by atoms with Crippen LogP contribution in [-0.2, 0) is 18.5 Å². The van der Waals surface area contributed by atoms with Crippen LogP contribution in [0.4, 0.5) is 0 Å². The third kappa shape index (κ3) is 4.50. The van der Waals surface area contributed by atoms with Crippen molar-refractivity contribution in [2.45, 2.75) is 51.1 Å². The quantitative estimate of drug-likeness (QED) is 0.700. The van der Waals surface area contributed by atoms with Crippen LogP contribution < -0.4 is 9.47 Å². The fraction of sp³-hybridized carbons (Fsp3) is 0.556. The summed E-state index contributed by atoms with van der Waals surface area (Å²) in [7, 11) is 0. The summed E-state index contributed by atoms with van der Waals surface area (Å²) in [5.74, 6) is 2.68. The molecule has 1 fully saturated rings. The molecule has 0 radical (unpaired) electrons. The monoisotopic (exact) mass is 452 g/mol. The van der Waals surface area contributed by atoms with Crippen LogP contribution in [0.2, 0.25) is 0 Å². The summed E-state index contributed by atoms with van der Waals surface area (Å²) in [4.78, 5) is 4.29. The van der Waals surface area contributed by atoms with Crippen LogP contribution >= 0.6 is 0 Å². The molecule has 0 spiro atoms. The number of hydrogen-bond acceptors (Lipinski definition) is 6. The van der Waals surface area contributed by atoms with Gasteiger partial charge in [-0.15, -0.1) is 0 Å². The molecule has 2 aromatic rings. The average molecular weight is 453 g/mol. The Hall–Kier alpha value is -2.12. The van der Waals surface area contributed by atoms with E-state index in [1.807, 2.05) is 0 Å². The average Bonchev–Trinajstić information content (AvgIpc) is 2.84. The molecule has 0 saturated heterocycles. The van der Waals surface area contributed by atoms with E-state index >= 15 is 0 Å². The maximum atomic E-state index is 9.36. The third-order valence-electron chi connectivity index (χ3n) is 7.78. The minimum atomic E-state index is -0.0188. The van der Waals surface area contributed by atoms with Crippen molar-refractivity contribution in [1.29, 1.82) is 0 Å². The van der Waals surface area contributed by atoms with Gasteiger partial charge in [0.05, 0.1) is 13.2 Å². The maximum absolute atomic E-state index is 9.36. The van der Waals surface area contributed by atoms with E-state index < -0.39 is 0 Å². The zero-order valence-corrected chi connectivity index (χ0v) is 19.6. The lowest BCUT2D eigenvalue weighted by atomic mass is 9.63. The predicted octanol–water partition coefficient (Wildman–Crippen LogP) is 3.47.